The number of carbonyl (C=O) groups excluding carboxylic acids is 1. The van der Waals surface area contributed by atoms with Crippen LogP contribution in [-0.4, -0.2) is 72.3 Å². The number of H-pyrrole nitrogens is 1. The molecule has 0 spiro atoms. The minimum Gasteiger partial charge on any atom is -0.497 e. The average Bonchev–Trinajstić information content (AvgIpc) is 3.54. The number of aromatic nitrogens is 2. The molecule has 2 aromatic carbocycles. The Kier molecular flexibility index (Phi) is 6.74. The summed E-state index contributed by atoms with van der Waals surface area (Å²) in [6, 6.07) is 12.1. The summed E-state index contributed by atoms with van der Waals surface area (Å²) >= 11 is 0. The number of likely N-dealkylation sites (tertiary alicyclic amines) is 1. The Morgan fingerprint density at radius 2 is 2.03 bits per heavy atom. The molecule has 0 saturated carbocycles. The number of hydrogen-bond donors (Lipinski definition) is 2. The van der Waals surface area contributed by atoms with E-state index in [4.69, 9.17) is 9.47 Å². The maximum absolute atomic E-state index is 13.5. The van der Waals surface area contributed by atoms with Gasteiger partial charge in [-0.2, -0.15) is 5.10 Å². The van der Waals surface area contributed by atoms with Crippen LogP contribution in [-0.2, 0) is 17.8 Å². The highest BCUT2D eigenvalue weighted by molar-refractivity contribution is 5.97. The van der Waals surface area contributed by atoms with E-state index < -0.39 is 0 Å². The van der Waals surface area contributed by atoms with Crippen LogP contribution >= 0.6 is 0 Å². The van der Waals surface area contributed by atoms with Crippen molar-refractivity contribution >= 4 is 11.6 Å². The van der Waals surface area contributed by atoms with Gasteiger partial charge in [-0.3, -0.25) is 14.8 Å². The fourth-order valence-corrected chi connectivity index (χ4v) is 5.03. The van der Waals surface area contributed by atoms with Crippen LogP contribution in [0.2, 0.25) is 0 Å². The second-order valence-corrected chi connectivity index (χ2v) is 9.54. The molecule has 1 aromatic heterocycles. The number of ether oxygens (including phenoxy) is 2. The maximum atomic E-state index is 13.5. The van der Waals surface area contributed by atoms with Gasteiger partial charge >= 0.3 is 0 Å². The number of amides is 1. The van der Waals surface area contributed by atoms with Crippen molar-refractivity contribution in [1.82, 2.24) is 20.0 Å². The van der Waals surface area contributed by atoms with E-state index in [9.17, 15) is 4.79 Å². The Labute approximate surface area is 206 Å². The van der Waals surface area contributed by atoms with E-state index in [-0.39, 0.29) is 11.9 Å². The lowest BCUT2D eigenvalue weighted by molar-refractivity contribution is -0.121. The molecule has 5 rings (SSSR count). The Hall–Kier alpha value is -3.36. The molecule has 1 amide bonds. The molecule has 0 radical (unpaired) electrons. The highest BCUT2D eigenvalue weighted by Gasteiger charge is 2.30. The van der Waals surface area contributed by atoms with Crippen molar-refractivity contribution in [2.45, 2.75) is 37.9 Å². The lowest BCUT2D eigenvalue weighted by Gasteiger charge is -2.33. The zero-order valence-electron chi connectivity index (χ0n) is 20.6. The summed E-state index contributed by atoms with van der Waals surface area (Å²) < 4.78 is 11.7. The van der Waals surface area contributed by atoms with Gasteiger partial charge in [-0.25, -0.2) is 0 Å². The summed E-state index contributed by atoms with van der Waals surface area (Å²) in [6.07, 6.45) is 6.57. The van der Waals surface area contributed by atoms with Gasteiger partial charge in [0.15, 0.2) is 0 Å². The summed E-state index contributed by atoms with van der Waals surface area (Å²) in [5, 5.41) is 10.1. The third-order valence-electron chi connectivity index (χ3n) is 7.25. The van der Waals surface area contributed by atoms with Gasteiger partial charge in [0.05, 0.1) is 25.0 Å². The fourth-order valence-electron chi connectivity index (χ4n) is 5.03. The van der Waals surface area contributed by atoms with E-state index in [1.165, 1.54) is 12.0 Å². The molecule has 1 unspecified atom stereocenters. The van der Waals surface area contributed by atoms with E-state index in [1.54, 1.807) is 13.3 Å². The van der Waals surface area contributed by atoms with Gasteiger partial charge in [0.2, 0.25) is 5.91 Å². The molecule has 1 saturated heterocycles. The molecular formula is C27H33N5O3. The molecule has 2 aliphatic heterocycles. The molecule has 2 N–H and O–H groups in total. The normalized spacial score (nSPS) is 20.4. The third kappa shape index (κ3) is 5.04. The number of fused-ring (bicyclic) bond motifs is 1. The number of methoxy groups -OCH3 is 1. The van der Waals surface area contributed by atoms with Crippen molar-refractivity contribution in [3.8, 4) is 22.6 Å². The Morgan fingerprint density at radius 3 is 2.77 bits per heavy atom. The molecule has 8 heteroatoms. The van der Waals surface area contributed by atoms with Crippen LogP contribution in [0.3, 0.4) is 0 Å². The summed E-state index contributed by atoms with van der Waals surface area (Å²) in [6.45, 7) is 2.39. The van der Waals surface area contributed by atoms with Crippen LogP contribution in [0, 0.1) is 0 Å². The van der Waals surface area contributed by atoms with Crippen molar-refractivity contribution < 1.29 is 14.3 Å². The van der Waals surface area contributed by atoms with E-state index in [2.05, 4.69) is 38.4 Å². The molecule has 1 fully saturated rings. The molecule has 35 heavy (non-hydrogen) atoms. The Morgan fingerprint density at radius 1 is 1.14 bits per heavy atom. The fraction of sp³-hybridized carbons (Fsp3) is 0.407. The first-order valence-corrected chi connectivity index (χ1v) is 12.1. The second kappa shape index (κ2) is 10.1. The number of carbonyl (C=O) groups is 1. The summed E-state index contributed by atoms with van der Waals surface area (Å²) in [5.41, 5.74) is 5.03. The molecule has 0 bridgehead atoms. The monoisotopic (exact) mass is 475 g/mol. The Balaban J connectivity index is 1.36. The summed E-state index contributed by atoms with van der Waals surface area (Å²) in [7, 11) is 5.79. The molecular weight excluding hydrogens is 442 g/mol. The van der Waals surface area contributed by atoms with Gasteiger partial charge in [-0.1, -0.05) is 12.1 Å². The average molecular weight is 476 g/mol. The number of nitrogens with one attached hydrogen (secondary N) is 2. The Bertz CT molecular complexity index is 1180. The quantitative estimate of drug-likeness (QED) is 0.544. The topological polar surface area (TPSA) is 82.7 Å². The first kappa shape index (κ1) is 23.4. The van der Waals surface area contributed by atoms with Gasteiger partial charge in [0.25, 0.3) is 0 Å². The van der Waals surface area contributed by atoms with E-state index in [0.717, 1.165) is 35.4 Å². The number of rotatable bonds is 7. The van der Waals surface area contributed by atoms with Crippen molar-refractivity contribution in [2.24, 2.45) is 0 Å². The minimum atomic E-state index is -0.281. The third-order valence-corrected chi connectivity index (χ3v) is 7.25. The van der Waals surface area contributed by atoms with Crippen molar-refractivity contribution in [2.75, 3.05) is 39.7 Å². The number of anilines is 1. The molecule has 3 aromatic rings. The van der Waals surface area contributed by atoms with E-state index in [0.29, 0.717) is 37.1 Å². The highest BCUT2D eigenvalue weighted by atomic mass is 16.5. The van der Waals surface area contributed by atoms with Gasteiger partial charge in [-0.15, -0.1) is 0 Å². The largest absolute Gasteiger partial charge is 0.497 e. The van der Waals surface area contributed by atoms with Crippen LogP contribution < -0.4 is 14.8 Å². The number of hydrogen-bond acceptors (Lipinski definition) is 6. The lowest BCUT2D eigenvalue weighted by Crippen LogP contribution is -2.45. The smallest absolute Gasteiger partial charge is 0.242 e. The van der Waals surface area contributed by atoms with Gasteiger partial charge in [0, 0.05) is 24.3 Å². The zero-order valence-corrected chi connectivity index (χ0v) is 20.6. The van der Waals surface area contributed by atoms with Gasteiger partial charge in [0.1, 0.15) is 18.1 Å². The summed E-state index contributed by atoms with van der Waals surface area (Å²) in [5.74, 6) is 1.45. The predicted molar refractivity (Wildman–Crippen MR) is 136 cm³/mol. The van der Waals surface area contributed by atoms with Crippen molar-refractivity contribution in [1.29, 1.82) is 0 Å². The lowest BCUT2D eigenvalue weighted by atomic mass is 9.93. The minimum absolute atomic E-state index is 0.0418. The molecule has 3 heterocycles. The predicted octanol–water partition coefficient (Wildman–Crippen LogP) is 3.55. The van der Waals surface area contributed by atoms with Crippen LogP contribution in [0.5, 0.6) is 11.5 Å². The van der Waals surface area contributed by atoms with Crippen LogP contribution in [0.4, 0.5) is 5.69 Å². The first-order valence-electron chi connectivity index (χ1n) is 12.1. The van der Waals surface area contributed by atoms with Crippen LogP contribution in [0.25, 0.3) is 11.1 Å². The van der Waals surface area contributed by atoms with E-state index in [1.807, 2.05) is 43.6 Å². The molecule has 2 atom stereocenters. The SMILES string of the molecule is COc1ccc2c(c1)C[C@H](C(=O)Nc1ccc(-c3cn[nH]c3)cc1OCC1CCCN1C)N(C)C2. The molecule has 184 valence electrons. The first-order chi connectivity index (χ1) is 17.0. The van der Waals surface area contributed by atoms with Crippen molar-refractivity contribution in [3.63, 3.8) is 0 Å². The zero-order chi connectivity index (χ0) is 24.4. The molecule has 0 aliphatic carbocycles. The highest BCUT2D eigenvalue weighted by Crippen LogP contribution is 2.33. The number of benzene rings is 2. The maximum Gasteiger partial charge on any atom is 0.242 e. The van der Waals surface area contributed by atoms with Crippen LogP contribution in [0.15, 0.2) is 48.8 Å². The molecule has 8 nitrogen and oxygen atoms in total. The van der Waals surface area contributed by atoms with Gasteiger partial charge < -0.3 is 19.7 Å². The van der Waals surface area contributed by atoms with E-state index >= 15 is 0 Å². The van der Waals surface area contributed by atoms with Crippen molar-refractivity contribution in [3.05, 3.63) is 59.9 Å². The molecule has 2 aliphatic rings. The number of likely N-dealkylation sites (N-methyl/N-ethyl adjacent to an activating group) is 2. The number of aromatic amines is 1. The van der Waals surface area contributed by atoms with Gasteiger partial charge in [-0.05, 0) is 80.9 Å². The summed E-state index contributed by atoms with van der Waals surface area (Å²) in [4.78, 5) is 17.9. The van der Waals surface area contributed by atoms with Crippen LogP contribution in [0.1, 0.15) is 24.0 Å². The standard InChI is InChI=1S/C27H33N5O3/c1-31-10-4-5-22(31)17-35-26-13-18(21-14-28-29-15-21)7-9-24(26)30-27(33)25-12-20-11-23(34-3)8-6-19(20)16-32(25)2/h6-9,11,13-15,22,25H,4-5,10,12,16-17H2,1-3H3,(H,28,29)(H,30,33)/t22?,25-/m1/s1. The second-order valence-electron chi connectivity index (χ2n) is 9.54. The number of nitrogens with zero attached hydrogens (tertiary/aromatic N) is 3.